The Morgan fingerprint density at radius 3 is 2.65 bits per heavy atom. The summed E-state index contributed by atoms with van der Waals surface area (Å²) >= 11 is 3.34. The number of benzene rings is 2. The molecule has 0 aromatic heterocycles. The molecule has 0 aliphatic carbocycles. The topological polar surface area (TPSA) is 53.2 Å². The molecule has 0 aliphatic heterocycles. The van der Waals surface area contributed by atoms with Gasteiger partial charge in [-0.25, -0.2) is 4.39 Å². The second-order valence-corrected chi connectivity index (χ2v) is 5.03. The molecule has 0 fully saturated rings. The highest BCUT2D eigenvalue weighted by molar-refractivity contribution is 9.10. The summed E-state index contributed by atoms with van der Waals surface area (Å²) in [4.78, 5) is 0. The average molecular weight is 336 g/mol. The maximum absolute atomic E-state index is 13.3. The minimum atomic E-state index is -0.461. The lowest BCUT2D eigenvalue weighted by atomic mass is 10.1. The monoisotopic (exact) mass is 335 g/mol. The van der Waals surface area contributed by atoms with Crippen LogP contribution in [0, 0.1) is 17.1 Å². The highest BCUT2D eigenvalue weighted by Gasteiger charge is 2.05. The molecule has 0 heterocycles. The average Bonchev–Trinajstić information content (AvgIpc) is 2.45. The number of nitriles is 1. The zero-order chi connectivity index (χ0) is 14.5. The van der Waals surface area contributed by atoms with E-state index in [4.69, 9.17) is 15.1 Å². The number of rotatable bonds is 4. The van der Waals surface area contributed by atoms with E-state index in [2.05, 4.69) is 15.9 Å². The highest BCUT2D eigenvalue weighted by Crippen LogP contribution is 2.27. The number of aliphatic hydroxyl groups is 1. The van der Waals surface area contributed by atoms with Gasteiger partial charge in [-0.15, -0.1) is 0 Å². The van der Waals surface area contributed by atoms with Crippen LogP contribution in [0.1, 0.15) is 16.7 Å². The molecule has 2 rings (SSSR count). The van der Waals surface area contributed by atoms with E-state index in [-0.39, 0.29) is 18.8 Å². The molecule has 0 aliphatic rings. The Morgan fingerprint density at radius 2 is 2.00 bits per heavy atom. The minimum Gasteiger partial charge on any atom is -0.488 e. The van der Waals surface area contributed by atoms with E-state index in [0.717, 1.165) is 5.56 Å². The zero-order valence-electron chi connectivity index (χ0n) is 10.4. The first-order valence-corrected chi connectivity index (χ1v) is 6.63. The Balaban J connectivity index is 2.13. The van der Waals surface area contributed by atoms with E-state index in [1.54, 1.807) is 24.3 Å². The SMILES string of the molecule is N#Cc1cc(F)cc(COc2ccc(CO)cc2Br)c1. The number of hydrogen-bond donors (Lipinski definition) is 1. The molecule has 1 N–H and O–H groups in total. The number of aliphatic hydroxyl groups excluding tert-OH is 1. The van der Waals surface area contributed by atoms with E-state index in [9.17, 15) is 4.39 Å². The lowest BCUT2D eigenvalue weighted by Crippen LogP contribution is -1.98. The van der Waals surface area contributed by atoms with Crippen molar-refractivity contribution in [3.8, 4) is 11.8 Å². The van der Waals surface area contributed by atoms with Crippen LogP contribution in [-0.2, 0) is 13.2 Å². The summed E-state index contributed by atoms with van der Waals surface area (Å²) < 4.78 is 19.6. The molecule has 0 saturated heterocycles. The van der Waals surface area contributed by atoms with E-state index >= 15 is 0 Å². The summed E-state index contributed by atoms with van der Waals surface area (Å²) in [5.41, 5.74) is 1.61. The maximum atomic E-state index is 13.3. The number of ether oxygens (including phenoxy) is 1. The number of nitrogens with zero attached hydrogens (tertiary/aromatic N) is 1. The van der Waals surface area contributed by atoms with Crippen LogP contribution in [0.15, 0.2) is 40.9 Å². The van der Waals surface area contributed by atoms with E-state index in [0.29, 0.717) is 15.8 Å². The van der Waals surface area contributed by atoms with Gasteiger partial charge in [0, 0.05) is 0 Å². The van der Waals surface area contributed by atoms with Crippen LogP contribution in [0.2, 0.25) is 0 Å². The Labute approximate surface area is 124 Å². The van der Waals surface area contributed by atoms with Crippen LogP contribution in [0.3, 0.4) is 0 Å². The zero-order valence-corrected chi connectivity index (χ0v) is 12.0. The third-order valence-corrected chi connectivity index (χ3v) is 3.28. The molecule has 0 spiro atoms. The van der Waals surface area contributed by atoms with Crippen molar-refractivity contribution in [3.05, 3.63) is 63.4 Å². The van der Waals surface area contributed by atoms with Crippen LogP contribution in [-0.4, -0.2) is 5.11 Å². The fraction of sp³-hybridized carbons (Fsp3) is 0.133. The van der Waals surface area contributed by atoms with Crippen LogP contribution in [0.5, 0.6) is 5.75 Å². The number of halogens is 2. The smallest absolute Gasteiger partial charge is 0.134 e. The summed E-state index contributed by atoms with van der Waals surface area (Å²) in [5.74, 6) is 0.127. The van der Waals surface area contributed by atoms with Gasteiger partial charge in [-0.05, 0) is 57.4 Å². The quantitative estimate of drug-likeness (QED) is 0.929. The van der Waals surface area contributed by atoms with Crippen LogP contribution < -0.4 is 4.74 Å². The molecule has 0 amide bonds. The Bertz CT molecular complexity index is 667. The number of hydrogen-bond acceptors (Lipinski definition) is 3. The normalized spacial score (nSPS) is 10.1. The Morgan fingerprint density at radius 1 is 1.20 bits per heavy atom. The molecule has 102 valence electrons. The summed E-state index contributed by atoms with van der Waals surface area (Å²) in [6.45, 7) is 0.109. The molecule has 2 aromatic rings. The Hall–Kier alpha value is -1.90. The van der Waals surface area contributed by atoms with Gasteiger partial charge < -0.3 is 9.84 Å². The molecule has 0 saturated carbocycles. The van der Waals surface area contributed by atoms with E-state index in [1.165, 1.54) is 12.1 Å². The first kappa shape index (κ1) is 14.5. The molecule has 0 radical (unpaired) electrons. The first-order chi connectivity index (χ1) is 9.62. The van der Waals surface area contributed by atoms with Crippen molar-refractivity contribution in [1.82, 2.24) is 0 Å². The van der Waals surface area contributed by atoms with Crippen molar-refractivity contribution in [2.24, 2.45) is 0 Å². The van der Waals surface area contributed by atoms with Crippen LogP contribution >= 0.6 is 15.9 Å². The molecule has 0 bridgehead atoms. The predicted molar refractivity (Wildman–Crippen MR) is 75.5 cm³/mol. The molecular formula is C15H11BrFNO2. The minimum absolute atomic E-state index is 0.0473. The largest absolute Gasteiger partial charge is 0.488 e. The van der Waals surface area contributed by atoms with Gasteiger partial charge in [0.15, 0.2) is 0 Å². The molecule has 2 aromatic carbocycles. The van der Waals surface area contributed by atoms with Gasteiger partial charge in [-0.2, -0.15) is 5.26 Å². The van der Waals surface area contributed by atoms with Gasteiger partial charge in [0.05, 0.1) is 22.7 Å². The molecule has 20 heavy (non-hydrogen) atoms. The standard InChI is InChI=1S/C15H11BrFNO2/c16-14-6-10(8-19)1-2-15(14)20-9-12-3-11(7-18)4-13(17)5-12/h1-6,19H,8-9H2. The summed E-state index contributed by atoms with van der Waals surface area (Å²) in [5, 5.41) is 17.8. The highest BCUT2D eigenvalue weighted by atomic mass is 79.9. The third kappa shape index (κ3) is 3.56. The van der Waals surface area contributed by atoms with E-state index < -0.39 is 5.82 Å². The second kappa shape index (κ2) is 6.51. The van der Waals surface area contributed by atoms with Crippen molar-refractivity contribution in [1.29, 1.82) is 5.26 Å². The van der Waals surface area contributed by atoms with Crippen LogP contribution in [0.25, 0.3) is 0 Å². The lowest BCUT2D eigenvalue weighted by molar-refractivity contribution is 0.280. The summed E-state index contributed by atoms with van der Waals surface area (Å²) in [7, 11) is 0. The van der Waals surface area contributed by atoms with Crippen molar-refractivity contribution in [3.63, 3.8) is 0 Å². The fourth-order valence-electron chi connectivity index (χ4n) is 1.72. The van der Waals surface area contributed by atoms with Gasteiger partial charge in [0.1, 0.15) is 18.2 Å². The van der Waals surface area contributed by atoms with Gasteiger partial charge >= 0.3 is 0 Å². The third-order valence-electron chi connectivity index (χ3n) is 2.66. The van der Waals surface area contributed by atoms with Crippen LogP contribution in [0.4, 0.5) is 4.39 Å². The second-order valence-electron chi connectivity index (χ2n) is 4.17. The van der Waals surface area contributed by atoms with Gasteiger partial charge in [0.25, 0.3) is 0 Å². The Kier molecular flexibility index (Phi) is 4.72. The van der Waals surface area contributed by atoms with Crippen molar-refractivity contribution in [2.45, 2.75) is 13.2 Å². The van der Waals surface area contributed by atoms with Gasteiger partial charge in [-0.1, -0.05) is 6.07 Å². The van der Waals surface area contributed by atoms with Crippen molar-refractivity contribution >= 4 is 15.9 Å². The molecular weight excluding hydrogens is 325 g/mol. The maximum Gasteiger partial charge on any atom is 0.134 e. The van der Waals surface area contributed by atoms with Crippen molar-refractivity contribution < 1.29 is 14.2 Å². The van der Waals surface area contributed by atoms with E-state index in [1.807, 2.05) is 6.07 Å². The molecule has 3 nitrogen and oxygen atoms in total. The first-order valence-electron chi connectivity index (χ1n) is 5.84. The predicted octanol–water partition coefficient (Wildman–Crippen LogP) is 3.53. The molecule has 0 atom stereocenters. The van der Waals surface area contributed by atoms with Gasteiger partial charge in [-0.3, -0.25) is 0 Å². The van der Waals surface area contributed by atoms with Crippen molar-refractivity contribution in [2.75, 3.05) is 0 Å². The fourth-order valence-corrected chi connectivity index (χ4v) is 2.26. The summed E-state index contributed by atoms with van der Waals surface area (Å²) in [6.07, 6.45) is 0. The molecule has 0 unspecified atom stereocenters. The molecule has 5 heteroatoms. The lowest BCUT2D eigenvalue weighted by Gasteiger charge is -2.09. The summed E-state index contributed by atoms with van der Waals surface area (Å²) in [6, 6.07) is 11.2. The van der Waals surface area contributed by atoms with Gasteiger partial charge in [0.2, 0.25) is 0 Å².